The predicted molar refractivity (Wildman–Crippen MR) is 223 cm³/mol. The van der Waals surface area contributed by atoms with Gasteiger partial charge in [0.05, 0.1) is 35.6 Å². The van der Waals surface area contributed by atoms with Crippen molar-refractivity contribution in [1.82, 2.24) is 20.2 Å². The molecule has 0 radical (unpaired) electrons. The number of para-hydroxylation sites is 2. The lowest BCUT2D eigenvalue weighted by Gasteiger charge is -2.46. The zero-order chi connectivity index (χ0) is 40.1. The van der Waals surface area contributed by atoms with Gasteiger partial charge in [0, 0.05) is 11.3 Å². The number of hydrogen-bond acceptors (Lipinski definition) is 7. The molecule has 10 rings (SSSR count). The highest BCUT2D eigenvalue weighted by atomic mass is 16.6. The molecule has 3 aliphatic heterocycles. The number of cyclic esters (lactones) is 1. The number of aromatic hydroxyl groups is 1. The average Bonchev–Trinajstić information content (AvgIpc) is 3.93. The molecule has 0 saturated carbocycles. The minimum Gasteiger partial charge on any atom is -0.508 e. The first-order chi connectivity index (χ1) is 28.9. The lowest BCUT2D eigenvalue weighted by molar-refractivity contribution is -0.178. The van der Waals surface area contributed by atoms with Crippen LogP contribution in [0.1, 0.15) is 77.5 Å². The van der Waals surface area contributed by atoms with Crippen molar-refractivity contribution in [2.45, 2.75) is 61.9 Å². The van der Waals surface area contributed by atoms with Crippen molar-refractivity contribution in [3.63, 3.8) is 0 Å². The normalized spacial score (nSPS) is 24.7. The topological polar surface area (TPSA) is 137 Å². The van der Waals surface area contributed by atoms with E-state index in [0.717, 1.165) is 53.4 Å². The molecular weight excluding hydrogens is 739 g/mol. The maximum atomic E-state index is 15.4. The number of hydrogen-bond donors (Lipinski definition) is 4. The number of benzene rings is 5. The van der Waals surface area contributed by atoms with E-state index >= 15 is 14.4 Å². The van der Waals surface area contributed by atoms with Crippen LogP contribution in [0.4, 0.5) is 5.69 Å². The summed E-state index contributed by atoms with van der Waals surface area (Å²) < 4.78 is 6.52. The monoisotopic (exact) mass is 779 g/mol. The number of fused-ring (bicyclic) bond motifs is 4. The summed E-state index contributed by atoms with van der Waals surface area (Å²) in [5.41, 5.74) is 5.06. The molecule has 10 nitrogen and oxygen atoms in total. The molecule has 0 bridgehead atoms. The molecule has 1 aromatic heterocycles. The van der Waals surface area contributed by atoms with Gasteiger partial charge in [0.2, 0.25) is 11.8 Å². The van der Waals surface area contributed by atoms with E-state index in [-0.39, 0.29) is 12.3 Å². The standard InChI is InChI=1S/C49H41N5O5/c55-35-25-23-34(24-26-35)45-49(36-28-31(22-27-37(36)53-48(49)58)21-20-30-12-4-1-5-13-30)41(46(56)50-29-40-51-38-18-10-11-19-39(38)52-40)43-47(57)59-44(33-16-8-3-9-17-33)42(54(43)45)32-14-6-2-7-15-32/h2-3,6-12,14-19,22-28,41-45,55H,1,4-5,13,29H2,(H,50,56)(H,51,52)(H,53,58). The molecule has 5 aromatic carbocycles. The van der Waals surface area contributed by atoms with E-state index < -0.39 is 53.3 Å². The van der Waals surface area contributed by atoms with E-state index in [1.54, 1.807) is 24.3 Å². The number of anilines is 1. The number of imidazole rings is 1. The van der Waals surface area contributed by atoms with Crippen LogP contribution in [-0.4, -0.2) is 43.8 Å². The molecule has 6 aromatic rings. The van der Waals surface area contributed by atoms with Crippen LogP contribution < -0.4 is 10.6 Å². The molecule has 2 fully saturated rings. The van der Waals surface area contributed by atoms with Gasteiger partial charge < -0.3 is 25.5 Å². The highest BCUT2D eigenvalue weighted by molar-refractivity contribution is 6.12. The van der Waals surface area contributed by atoms with Crippen LogP contribution >= 0.6 is 0 Å². The molecule has 1 spiro atoms. The first-order valence-electron chi connectivity index (χ1n) is 20.2. The van der Waals surface area contributed by atoms with Crippen molar-refractivity contribution >= 4 is 34.5 Å². The summed E-state index contributed by atoms with van der Waals surface area (Å²) >= 11 is 0. The fourth-order valence-electron chi connectivity index (χ4n) is 9.80. The second kappa shape index (κ2) is 14.8. The van der Waals surface area contributed by atoms with Gasteiger partial charge >= 0.3 is 5.97 Å². The SMILES string of the molecule is O=C1OC(c2ccccc2)C(c2ccccc2)N2C1C(C(=O)NCc1nc3ccccc3[nH]1)C1(C(=O)Nc3ccc(C#CC4=CCCCC4)cc31)C2c1ccc(O)cc1. The summed E-state index contributed by atoms with van der Waals surface area (Å²) in [5, 5.41) is 16.8. The van der Waals surface area contributed by atoms with Crippen LogP contribution in [0.15, 0.2) is 139 Å². The van der Waals surface area contributed by atoms with Gasteiger partial charge in [-0.1, -0.05) is 103 Å². The van der Waals surface area contributed by atoms with Gasteiger partial charge in [-0.05, 0) is 96.0 Å². The van der Waals surface area contributed by atoms with Crippen LogP contribution in [-0.2, 0) is 31.1 Å². The van der Waals surface area contributed by atoms with Crippen molar-refractivity contribution < 1.29 is 24.2 Å². The minimum atomic E-state index is -1.67. The predicted octanol–water partition coefficient (Wildman–Crippen LogP) is 7.71. The lowest BCUT2D eigenvalue weighted by Crippen LogP contribution is -2.54. The van der Waals surface area contributed by atoms with E-state index in [1.165, 1.54) is 0 Å². The van der Waals surface area contributed by atoms with Gasteiger partial charge in [-0.3, -0.25) is 19.3 Å². The van der Waals surface area contributed by atoms with Gasteiger partial charge in [-0.15, -0.1) is 0 Å². The summed E-state index contributed by atoms with van der Waals surface area (Å²) in [4.78, 5) is 55.8. The summed E-state index contributed by atoms with van der Waals surface area (Å²) in [5.74, 6) is 4.48. The molecule has 2 amide bonds. The number of carbonyl (C=O) groups excluding carboxylic acids is 3. The Hall–Kier alpha value is -6.96. The van der Waals surface area contributed by atoms with E-state index in [2.05, 4.69) is 38.5 Å². The third-order valence-corrected chi connectivity index (χ3v) is 12.3. The molecule has 59 heavy (non-hydrogen) atoms. The number of rotatable bonds is 6. The molecule has 10 heteroatoms. The largest absolute Gasteiger partial charge is 0.508 e. The number of phenolic OH excluding ortho intramolecular Hbond substituents is 1. The summed E-state index contributed by atoms with van der Waals surface area (Å²) in [6.07, 6.45) is 5.54. The van der Waals surface area contributed by atoms with Gasteiger partial charge in [-0.25, -0.2) is 4.98 Å². The van der Waals surface area contributed by atoms with Gasteiger partial charge in [-0.2, -0.15) is 0 Å². The Labute approximate surface area is 341 Å². The van der Waals surface area contributed by atoms with Crippen molar-refractivity contribution in [2.75, 3.05) is 5.32 Å². The molecule has 2 saturated heterocycles. The molecule has 4 N–H and O–H groups in total. The summed E-state index contributed by atoms with van der Waals surface area (Å²) in [7, 11) is 0. The number of morpholine rings is 1. The number of aromatic amines is 1. The molecule has 6 unspecified atom stereocenters. The Kier molecular flexibility index (Phi) is 9.11. The fourth-order valence-corrected chi connectivity index (χ4v) is 9.80. The number of allylic oxidation sites excluding steroid dienone is 2. The second-order valence-electron chi connectivity index (χ2n) is 15.7. The number of H-pyrrole nitrogens is 1. The maximum absolute atomic E-state index is 15.4. The highest BCUT2D eigenvalue weighted by Crippen LogP contribution is 2.64. The molecule has 292 valence electrons. The van der Waals surface area contributed by atoms with Crippen molar-refractivity contribution in [1.29, 1.82) is 0 Å². The summed E-state index contributed by atoms with van der Waals surface area (Å²) in [6, 6.07) is 36.6. The molecule has 6 atom stereocenters. The molecule has 4 aliphatic rings. The number of nitrogens with one attached hydrogen (secondary N) is 3. The van der Waals surface area contributed by atoms with Crippen molar-refractivity contribution in [2.24, 2.45) is 5.92 Å². The minimum absolute atomic E-state index is 0.0234. The van der Waals surface area contributed by atoms with Gasteiger partial charge in [0.15, 0.2) is 0 Å². The average molecular weight is 780 g/mol. The first kappa shape index (κ1) is 36.4. The van der Waals surface area contributed by atoms with Gasteiger partial charge in [0.1, 0.15) is 29.1 Å². The number of nitrogens with zero attached hydrogens (tertiary/aromatic N) is 2. The Bertz CT molecular complexity index is 2670. The number of phenols is 1. The zero-order valence-electron chi connectivity index (χ0n) is 32.1. The molecular formula is C49H41N5O5. The third-order valence-electron chi connectivity index (χ3n) is 12.3. The number of aromatic nitrogens is 2. The lowest BCUT2D eigenvalue weighted by atomic mass is 9.65. The fraction of sp³-hybridized carbons (Fsp3) is 0.224. The van der Waals surface area contributed by atoms with Crippen LogP contribution in [0.2, 0.25) is 0 Å². The Morgan fingerprint density at radius 3 is 2.34 bits per heavy atom. The van der Waals surface area contributed by atoms with Crippen LogP contribution in [0.25, 0.3) is 11.0 Å². The van der Waals surface area contributed by atoms with Crippen LogP contribution in [0.5, 0.6) is 5.75 Å². The number of ether oxygens (including phenoxy) is 1. The smallest absolute Gasteiger partial charge is 0.324 e. The zero-order valence-corrected chi connectivity index (χ0v) is 32.1. The Balaban J connectivity index is 1.20. The Morgan fingerprint density at radius 1 is 0.847 bits per heavy atom. The van der Waals surface area contributed by atoms with E-state index in [0.29, 0.717) is 28.2 Å². The Morgan fingerprint density at radius 2 is 1.59 bits per heavy atom. The van der Waals surface area contributed by atoms with Crippen molar-refractivity contribution in [3.05, 3.63) is 173 Å². The van der Waals surface area contributed by atoms with Crippen molar-refractivity contribution in [3.8, 4) is 17.6 Å². The summed E-state index contributed by atoms with van der Waals surface area (Å²) in [6.45, 7) is 0.0234. The van der Waals surface area contributed by atoms with E-state index in [9.17, 15) is 5.11 Å². The molecule has 4 heterocycles. The number of carbonyl (C=O) groups is 3. The van der Waals surface area contributed by atoms with Crippen LogP contribution in [0.3, 0.4) is 0 Å². The highest BCUT2D eigenvalue weighted by Gasteiger charge is 2.74. The first-order valence-corrected chi connectivity index (χ1v) is 20.2. The quantitative estimate of drug-likeness (QED) is 0.101. The second-order valence-corrected chi connectivity index (χ2v) is 15.7. The van der Waals surface area contributed by atoms with E-state index in [1.807, 2.05) is 108 Å². The maximum Gasteiger partial charge on any atom is 0.324 e. The number of amides is 2. The molecule has 1 aliphatic carbocycles. The van der Waals surface area contributed by atoms with Crippen LogP contribution in [0, 0.1) is 17.8 Å². The van der Waals surface area contributed by atoms with Gasteiger partial charge in [0.25, 0.3) is 0 Å². The van der Waals surface area contributed by atoms with E-state index in [4.69, 9.17) is 4.74 Å². The number of esters is 1. The third kappa shape index (κ3) is 6.17.